The Bertz CT molecular complexity index is 585. The zero-order valence-electron chi connectivity index (χ0n) is 10.1. The average Bonchev–Trinajstić information content (AvgIpc) is 2.60. The fraction of sp³-hybridized carbons (Fsp3) is 0.231. The topological polar surface area (TPSA) is 55.1 Å². The normalized spacial score (nSPS) is 10.5. The van der Waals surface area contributed by atoms with Crippen LogP contribution < -0.4 is 0 Å². The lowest BCUT2D eigenvalue weighted by Gasteiger charge is -2.08. The molecule has 0 unspecified atom stereocenters. The number of carbonyl (C=O) groups is 1. The predicted octanol–water partition coefficient (Wildman–Crippen LogP) is 2.40. The maximum absolute atomic E-state index is 11.1. The number of hydrogen-bond acceptors (Lipinski definition) is 2. The molecular weight excluding hydrogens is 216 g/mol. The molecule has 0 aliphatic heterocycles. The van der Waals surface area contributed by atoms with Crippen LogP contribution in [0, 0.1) is 13.8 Å². The van der Waals surface area contributed by atoms with Gasteiger partial charge in [-0.1, -0.05) is 12.1 Å². The number of aryl methyl sites for hydroxylation is 1. The third kappa shape index (κ3) is 1.82. The van der Waals surface area contributed by atoms with Crippen molar-refractivity contribution in [3.63, 3.8) is 0 Å². The zero-order chi connectivity index (χ0) is 12.6. The van der Waals surface area contributed by atoms with Crippen molar-refractivity contribution in [2.24, 2.45) is 7.05 Å². The molecule has 0 amide bonds. The first kappa shape index (κ1) is 11.4. The molecule has 4 nitrogen and oxygen atoms in total. The molecule has 0 spiro atoms. The summed E-state index contributed by atoms with van der Waals surface area (Å²) in [7, 11) is 1.87. The summed E-state index contributed by atoms with van der Waals surface area (Å²) < 4.78 is 1.78. The second-order valence-electron chi connectivity index (χ2n) is 4.05. The van der Waals surface area contributed by atoms with Crippen LogP contribution in [0.2, 0.25) is 0 Å². The first-order chi connectivity index (χ1) is 8.02. The Kier molecular flexibility index (Phi) is 2.71. The molecule has 4 heteroatoms. The van der Waals surface area contributed by atoms with E-state index in [1.165, 1.54) is 0 Å². The van der Waals surface area contributed by atoms with E-state index in [2.05, 4.69) is 5.10 Å². The molecule has 0 aliphatic rings. The van der Waals surface area contributed by atoms with E-state index in [-0.39, 0.29) is 0 Å². The number of nitrogens with zero attached hydrogens (tertiary/aromatic N) is 2. The molecule has 0 radical (unpaired) electrons. The standard InChI is InChI=1S/C13H14N2O2/c1-8-10(5-4-6-11(8)13(16)17)12-7-14-15(3)9(12)2/h4-7H,1-3H3,(H,16,17). The van der Waals surface area contributed by atoms with Crippen molar-refractivity contribution in [3.05, 3.63) is 41.2 Å². The van der Waals surface area contributed by atoms with Gasteiger partial charge < -0.3 is 5.11 Å². The van der Waals surface area contributed by atoms with Gasteiger partial charge in [-0.3, -0.25) is 4.68 Å². The van der Waals surface area contributed by atoms with Crippen LogP contribution >= 0.6 is 0 Å². The predicted molar refractivity (Wildman–Crippen MR) is 65.1 cm³/mol. The highest BCUT2D eigenvalue weighted by Gasteiger charge is 2.14. The first-order valence-corrected chi connectivity index (χ1v) is 5.34. The maximum atomic E-state index is 11.1. The van der Waals surface area contributed by atoms with Gasteiger partial charge in [-0.05, 0) is 31.0 Å². The molecule has 1 heterocycles. The number of carboxylic acids is 1. The van der Waals surface area contributed by atoms with Gasteiger partial charge in [-0.15, -0.1) is 0 Å². The molecule has 1 aromatic carbocycles. The minimum atomic E-state index is -0.897. The van der Waals surface area contributed by atoms with E-state index in [0.717, 1.165) is 22.4 Å². The first-order valence-electron chi connectivity index (χ1n) is 5.34. The zero-order valence-corrected chi connectivity index (χ0v) is 10.1. The molecule has 0 saturated carbocycles. The van der Waals surface area contributed by atoms with Crippen molar-refractivity contribution in [2.45, 2.75) is 13.8 Å². The molecule has 0 atom stereocenters. The largest absolute Gasteiger partial charge is 0.478 e. The van der Waals surface area contributed by atoms with E-state index in [1.54, 1.807) is 23.0 Å². The summed E-state index contributed by atoms with van der Waals surface area (Å²) >= 11 is 0. The number of rotatable bonds is 2. The lowest BCUT2D eigenvalue weighted by Crippen LogP contribution is -2.01. The third-order valence-corrected chi connectivity index (χ3v) is 3.09. The van der Waals surface area contributed by atoms with Crippen LogP contribution in [0.15, 0.2) is 24.4 Å². The van der Waals surface area contributed by atoms with Crippen molar-refractivity contribution >= 4 is 5.97 Å². The van der Waals surface area contributed by atoms with Crippen molar-refractivity contribution in [3.8, 4) is 11.1 Å². The summed E-state index contributed by atoms with van der Waals surface area (Å²) in [5.74, 6) is -0.897. The summed E-state index contributed by atoms with van der Waals surface area (Å²) in [6.45, 7) is 3.79. The van der Waals surface area contributed by atoms with E-state index in [9.17, 15) is 4.79 Å². The number of aromatic nitrogens is 2. The Morgan fingerprint density at radius 2 is 2.00 bits per heavy atom. The van der Waals surface area contributed by atoms with Crippen LogP contribution in [0.5, 0.6) is 0 Å². The molecule has 17 heavy (non-hydrogen) atoms. The van der Waals surface area contributed by atoms with Crippen LogP contribution in [-0.4, -0.2) is 20.9 Å². The Morgan fingerprint density at radius 1 is 1.29 bits per heavy atom. The Labute approximate surface area is 99.5 Å². The summed E-state index contributed by atoms with van der Waals surface area (Å²) in [6.07, 6.45) is 1.77. The van der Waals surface area contributed by atoms with Crippen molar-refractivity contribution in [1.82, 2.24) is 9.78 Å². The maximum Gasteiger partial charge on any atom is 0.335 e. The monoisotopic (exact) mass is 230 g/mol. The summed E-state index contributed by atoms with van der Waals surface area (Å²) in [6, 6.07) is 5.30. The van der Waals surface area contributed by atoms with Crippen LogP contribution in [0.1, 0.15) is 21.6 Å². The number of benzene rings is 1. The third-order valence-electron chi connectivity index (χ3n) is 3.09. The van der Waals surface area contributed by atoms with Gasteiger partial charge in [0.05, 0.1) is 11.8 Å². The van der Waals surface area contributed by atoms with Gasteiger partial charge >= 0.3 is 5.97 Å². The quantitative estimate of drug-likeness (QED) is 0.861. The Hall–Kier alpha value is -2.10. The SMILES string of the molecule is Cc1c(C(=O)O)cccc1-c1cnn(C)c1C. The van der Waals surface area contributed by atoms with Crippen LogP contribution in [0.4, 0.5) is 0 Å². The van der Waals surface area contributed by atoms with E-state index in [1.807, 2.05) is 27.0 Å². The highest BCUT2D eigenvalue weighted by molar-refractivity contribution is 5.92. The number of aromatic carboxylic acids is 1. The fourth-order valence-corrected chi connectivity index (χ4v) is 1.92. The molecule has 0 bridgehead atoms. The van der Waals surface area contributed by atoms with Gasteiger partial charge in [0.15, 0.2) is 0 Å². The molecule has 0 fully saturated rings. The van der Waals surface area contributed by atoms with Gasteiger partial charge in [0.1, 0.15) is 0 Å². The molecular formula is C13H14N2O2. The second-order valence-corrected chi connectivity index (χ2v) is 4.05. The lowest BCUT2D eigenvalue weighted by atomic mass is 9.97. The van der Waals surface area contributed by atoms with Gasteiger partial charge in [-0.2, -0.15) is 5.10 Å². The summed E-state index contributed by atoms with van der Waals surface area (Å²) in [4.78, 5) is 11.1. The molecule has 2 rings (SSSR count). The second kappa shape index (κ2) is 4.05. The molecule has 0 aliphatic carbocycles. The van der Waals surface area contributed by atoms with Gasteiger partial charge in [0.25, 0.3) is 0 Å². The van der Waals surface area contributed by atoms with E-state index in [0.29, 0.717) is 5.56 Å². The fourth-order valence-electron chi connectivity index (χ4n) is 1.92. The van der Waals surface area contributed by atoms with E-state index >= 15 is 0 Å². The molecule has 0 saturated heterocycles. The lowest BCUT2D eigenvalue weighted by molar-refractivity contribution is 0.0696. The van der Waals surface area contributed by atoms with Crippen molar-refractivity contribution in [1.29, 1.82) is 0 Å². The van der Waals surface area contributed by atoms with E-state index < -0.39 is 5.97 Å². The molecule has 88 valence electrons. The minimum absolute atomic E-state index is 0.339. The van der Waals surface area contributed by atoms with Crippen LogP contribution in [0.3, 0.4) is 0 Å². The molecule has 1 aromatic heterocycles. The Balaban J connectivity index is 2.65. The average molecular weight is 230 g/mol. The number of hydrogen-bond donors (Lipinski definition) is 1. The van der Waals surface area contributed by atoms with Crippen LogP contribution in [0.25, 0.3) is 11.1 Å². The molecule has 1 N–H and O–H groups in total. The summed E-state index contributed by atoms with van der Waals surface area (Å²) in [5.41, 5.74) is 4.04. The summed E-state index contributed by atoms with van der Waals surface area (Å²) in [5, 5.41) is 13.3. The highest BCUT2D eigenvalue weighted by Crippen LogP contribution is 2.27. The molecule has 2 aromatic rings. The smallest absolute Gasteiger partial charge is 0.335 e. The van der Waals surface area contributed by atoms with Crippen LogP contribution in [-0.2, 0) is 7.05 Å². The van der Waals surface area contributed by atoms with Gasteiger partial charge in [-0.25, -0.2) is 4.79 Å². The Morgan fingerprint density at radius 3 is 2.53 bits per heavy atom. The van der Waals surface area contributed by atoms with Crippen molar-refractivity contribution in [2.75, 3.05) is 0 Å². The minimum Gasteiger partial charge on any atom is -0.478 e. The van der Waals surface area contributed by atoms with E-state index in [4.69, 9.17) is 5.11 Å². The van der Waals surface area contributed by atoms with Crippen molar-refractivity contribution < 1.29 is 9.90 Å². The van der Waals surface area contributed by atoms with Gasteiger partial charge in [0.2, 0.25) is 0 Å². The number of carboxylic acid groups (broad SMARTS) is 1. The highest BCUT2D eigenvalue weighted by atomic mass is 16.4. The van der Waals surface area contributed by atoms with Gasteiger partial charge in [0, 0.05) is 18.3 Å².